The van der Waals surface area contributed by atoms with Crippen LogP contribution in [0.1, 0.15) is 30.3 Å². The summed E-state index contributed by atoms with van der Waals surface area (Å²) < 4.78 is 30.6. The molecule has 1 unspecified atom stereocenters. The van der Waals surface area contributed by atoms with Gasteiger partial charge in [-0.1, -0.05) is 0 Å². The summed E-state index contributed by atoms with van der Waals surface area (Å²) in [6.45, 7) is 1.82. The fraction of sp³-hybridized carbons (Fsp3) is 0.600. The van der Waals surface area contributed by atoms with E-state index in [4.69, 9.17) is 5.11 Å². The van der Waals surface area contributed by atoms with E-state index < -0.39 is 22.1 Å². The Balaban J connectivity index is 2.73. The zero-order valence-corrected chi connectivity index (χ0v) is 12.3. The van der Waals surface area contributed by atoms with Crippen LogP contribution in [0.25, 0.3) is 0 Å². The van der Waals surface area contributed by atoms with E-state index >= 15 is 0 Å². The molecule has 0 saturated heterocycles. The second-order valence-corrected chi connectivity index (χ2v) is 6.69. The van der Waals surface area contributed by atoms with Gasteiger partial charge in [0, 0.05) is 6.54 Å². The number of methoxy groups -OCH3 is 1. The monoisotopic (exact) mass is 308 g/mol. The minimum Gasteiger partial charge on any atom is -0.464 e. The Morgan fingerprint density at radius 3 is 2.89 bits per heavy atom. The fourth-order valence-electron chi connectivity index (χ4n) is 1.33. The number of ether oxygens (including phenoxy) is 1. The van der Waals surface area contributed by atoms with Gasteiger partial charge in [-0.25, -0.2) is 22.9 Å². The van der Waals surface area contributed by atoms with E-state index in [1.807, 2.05) is 0 Å². The van der Waals surface area contributed by atoms with Crippen LogP contribution in [0.4, 0.5) is 0 Å². The fourth-order valence-corrected chi connectivity index (χ4v) is 3.58. The van der Waals surface area contributed by atoms with Crippen molar-refractivity contribution in [3.63, 3.8) is 0 Å². The van der Waals surface area contributed by atoms with Gasteiger partial charge in [0.25, 0.3) is 10.0 Å². The standard InChI is InChI=1S/C10H16N2O5S2/c1-7(13)4-3-5-12-19(15,16)10-8(9(14)17-2)11-6-18-10/h6-7,12-13H,3-5H2,1-2H3. The van der Waals surface area contributed by atoms with Gasteiger partial charge >= 0.3 is 5.97 Å². The predicted molar refractivity (Wildman–Crippen MR) is 69.6 cm³/mol. The van der Waals surface area contributed by atoms with Crippen LogP contribution in [-0.4, -0.2) is 44.2 Å². The predicted octanol–water partition coefficient (Wildman–Crippen LogP) is 0.369. The van der Waals surface area contributed by atoms with Gasteiger partial charge in [0.15, 0.2) is 9.90 Å². The van der Waals surface area contributed by atoms with Gasteiger partial charge in [-0.3, -0.25) is 0 Å². The third-order valence-corrected chi connectivity index (χ3v) is 5.08. The van der Waals surface area contributed by atoms with Gasteiger partial charge in [-0.05, 0) is 19.8 Å². The smallest absolute Gasteiger partial charge is 0.358 e. The highest BCUT2D eigenvalue weighted by molar-refractivity contribution is 7.91. The highest BCUT2D eigenvalue weighted by Crippen LogP contribution is 2.20. The van der Waals surface area contributed by atoms with Crippen molar-refractivity contribution in [2.45, 2.75) is 30.1 Å². The Labute approximate surface area is 115 Å². The van der Waals surface area contributed by atoms with E-state index in [-0.39, 0.29) is 16.4 Å². The van der Waals surface area contributed by atoms with Crippen molar-refractivity contribution < 1.29 is 23.1 Å². The largest absolute Gasteiger partial charge is 0.464 e. The maximum absolute atomic E-state index is 12.0. The maximum atomic E-state index is 12.0. The Morgan fingerprint density at radius 2 is 2.32 bits per heavy atom. The molecule has 108 valence electrons. The molecule has 1 heterocycles. The second kappa shape index (κ2) is 6.94. The third-order valence-electron chi connectivity index (χ3n) is 2.25. The van der Waals surface area contributed by atoms with Crippen molar-refractivity contribution in [1.29, 1.82) is 0 Å². The highest BCUT2D eigenvalue weighted by atomic mass is 32.2. The van der Waals surface area contributed by atoms with E-state index in [0.29, 0.717) is 12.8 Å². The number of hydrogen-bond acceptors (Lipinski definition) is 7. The number of nitrogens with zero attached hydrogens (tertiary/aromatic N) is 1. The van der Waals surface area contributed by atoms with Gasteiger partial charge < -0.3 is 9.84 Å². The van der Waals surface area contributed by atoms with Crippen LogP contribution >= 0.6 is 11.3 Å². The number of rotatable bonds is 7. The van der Waals surface area contributed by atoms with Crippen molar-refractivity contribution in [2.24, 2.45) is 0 Å². The van der Waals surface area contributed by atoms with Gasteiger partial charge in [0.1, 0.15) is 0 Å². The van der Waals surface area contributed by atoms with Crippen molar-refractivity contribution in [1.82, 2.24) is 9.71 Å². The van der Waals surface area contributed by atoms with Crippen LogP contribution < -0.4 is 4.72 Å². The number of aliphatic hydroxyl groups excluding tert-OH is 1. The molecule has 1 atom stereocenters. The lowest BCUT2D eigenvalue weighted by molar-refractivity contribution is 0.0590. The van der Waals surface area contributed by atoms with Gasteiger partial charge in [0.2, 0.25) is 0 Å². The first-order chi connectivity index (χ1) is 8.88. The summed E-state index contributed by atoms with van der Waals surface area (Å²) in [5, 5.41) is 9.07. The number of thiazole rings is 1. The number of esters is 1. The summed E-state index contributed by atoms with van der Waals surface area (Å²) in [6, 6.07) is 0. The second-order valence-electron chi connectivity index (χ2n) is 3.87. The normalized spacial score (nSPS) is 13.2. The Hall–Kier alpha value is -1.03. The lowest BCUT2D eigenvalue weighted by atomic mass is 10.2. The maximum Gasteiger partial charge on any atom is 0.358 e. The Kier molecular flexibility index (Phi) is 5.85. The lowest BCUT2D eigenvalue weighted by Crippen LogP contribution is -2.26. The molecule has 0 aliphatic carbocycles. The topological polar surface area (TPSA) is 106 Å². The van der Waals surface area contributed by atoms with E-state index in [2.05, 4.69) is 14.4 Å². The molecule has 0 bridgehead atoms. The first-order valence-corrected chi connectivity index (χ1v) is 7.94. The molecule has 1 aromatic heterocycles. The van der Waals surface area contributed by atoms with Gasteiger partial charge in [-0.15, -0.1) is 11.3 Å². The molecule has 0 amide bonds. The van der Waals surface area contributed by atoms with Crippen LogP contribution in [0.3, 0.4) is 0 Å². The van der Waals surface area contributed by atoms with E-state index in [0.717, 1.165) is 18.4 Å². The average Bonchev–Trinajstić information content (AvgIpc) is 2.83. The molecule has 0 aliphatic heterocycles. The number of carbonyl (C=O) groups excluding carboxylic acids is 1. The first-order valence-electron chi connectivity index (χ1n) is 5.58. The van der Waals surface area contributed by atoms with Crippen LogP contribution in [0.2, 0.25) is 0 Å². The number of hydrogen-bond donors (Lipinski definition) is 2. The number of carbonyl (C=O) groups is 1. The summed E-state index contributed by atoms with van der Waals surface area (Å²) in [5.41, 5.74) is 1.06. The molecule has 7 nitrogen and oxygen atoms in total. The minimum absolute atomic E-state index is 0.156. The summed E-state index contributed by atoms with van der Waals surface area (Å²) in [5.74, 6) is -0.786. The quantitative estimate of drug-likeness (QED) is 0.557. The number of aromatic nitrogens is 1. The first kappa shape index (κ1) is 16.0. The molecule has 0 radical (unpaired) electrons. The lowest BCUT2D eigenvalue weighted by Gasteiger charge is -2.07. The summed E-state index contributed by atoms with van der Waals surface area (Å²) in [7, 11) is -2.62. The molecule has 19 heavy (non-hydrogen) atoms. The molecular weight excluding hydrogens is 292 g/mol. The van der Waals surface area contributed by atoms with Gasteiger partial charge in [-0.2, -0.15) is 0 Å². The Bertz CT molecular complexity index is 524. The van der Waals surface area contributed by atoms with Gasteiger partial charge in [0.05, 0.1) is 18.7 Å². The highest BCUT2D eigenvalue weighted by Gasteiger charge is 2.26. The number of sulfonamides is 1. The molecule has 0 saturated carbocycles. The third kappa shape index (κ3) is 4.53. The van der Waals surface area contributed by atoms with Crippen molar-refractivity contribution in [3.05, 3.63) is 11.2 Å². The molecule has 2 N–H and O–H groups in total. The number of aliphatic hydroxyl groups is 1. The molecule has 0 spiro atoms. The van der Waals surface area contributed by atoms with Crippen LogP contribution in [0.15, 0.2) is 9.72 Å². The van der Waals surface area contributed by atoms with Crippen molar-refractivity contribution in [3.8, 4) is 0 Å². The van der Waals surface area contributed by atoms with E-state index in [1.54, 1.807) is 6.92 Å². The molecule has 0 aromatic carbocycles. The van der Waals surface area contributed by atoms with Crippen LogP contribution in [-0.2, 0) is 14.8 Å². The van der Waals surface area contributed by atoms with E-state index in [1.165, 1.54) is 5.51 Å². The molecule has 0 fully saturated rings. The average molecular weight is 308 g/mol. The summed E-state index contributed by atoms with van der Waals surface area (Å²) in [6.07, 6.45) is 0.525. The Morgan fingerprint density at radius 1 is 1.63 bits per heavy atom. The molecule has 0 aliphatic rings. The molecule has 9 heteroatoms. The van der Waals surface area contributed by atoms with Crippen LogP contribution in [0.5, 0.6) is 0 Å². The molecule has 1 aromatic rings. The zero-order chi connectivity index (χ0) is 14.5. The summed E-state index contributed by atoms with van der Waals surface area (Å²) >= 11 is 0.853. The number of nitrogens with one attached hydrogen (secondary N) is 1. The zero-order valence-electron chi connectivity index (χ0n) is 10.6. The summed E-state index contributed by atoms with van der Waals surface area (Å²) in [4.78, 5) is 15.1. The molecular formula is C10H16N2O5S2. The van der Waals surface area contributed by atoms with Crippen LogP contribution in [0, 0.1) is 0 Å². The minimum atomic E-state index is -3.78. The van der Waals surface area contributed by atoms with Crippen molar-refractivity contribution in [2.75, 3.05) is 13.7 Å². The SMILES string of the molecule is COC(=O)c1ncsc1S(=O)(=O)NCCCC(C)O. The molecule has 1 rings (SSSR count). The van der Waals surface area contributed by atoms with E-state index in [9.17, 15) is 13.2 Å². The van der Waals surface area contributed by atoms with Crippen molar-refractivity contribution >= 4 is 27.3 Å².